The number of methoxy groups -OCH3 is 1. The van der Waals surface area contributed by atoms with Gasteiger partial charge >= 0.3 is 6.03 Å². The van der Waals surface area contributed by atoms with Crippen LogP contribution in [0.1, 0.15) is 44.9 Å². The molecule has 0 aromatic rings. The number of urea groups is 1. The van der Waals surface area contributed by atoms with Gasteiger partial charge in [0.2, 0.25) is 5.91 Å². The minimum Gasteiger partial charge on any atom is -0.383 e. The van der Waals surface area contributed by atoms with E-state index in [4.69, 9.17) is 9.47 Å². The fraction of sp³-hybridized carbons (Fsp3) is 0.900. The molecule has 4 rings (SSSR count). The number of likely N-dealkylation sites (tertiary alicyclic amines) is 1. The predicted molar refractivity (Wildman–Crippen MR) is 100 cm³/mol. The topological polar surface area (TPSA) is 62.3 Å². The molecule has 0 bridgehead atoms. The van der Waals surface area contributed by atoms with Crippen molar-refractivity contribution in [2.45, 2.75) is 56.5 Å². The van der Waals surface area contributed by atoms with E-state index < -0.39 is 0 Å². The zero-order chi connectivity index (χ0) is 18.9. The number of hydrogen-bond donors (Lipinski definition) is 0. The van der Waals surface area contributed by atoms with E-state index >= 15 is 0 Å². The Bertz CT molecular complexity index is 549. The van der Waals surface area contributed by atoms with E-state index in [0.717, 1.165) is 58.3 Å². The van der Waals surface area contributed by atoms with Gasteiger partial charge in [-0.2, -0.15) is 0 Å². The number of ether oxygens (including phenoxy) is 2. The van der Waals surface area contributed by atoms with Gasteiger partial charge in [0, 0.05) is 51.9 Å². The van der Waals surface area contributed by atoms with Crippen LogP contribution in [0, 0.1) is 5.92 Å². The molecule has 0 N–H and O–H groups in total. The first-order chi connectivity index (χ1) is 13.1. The van der Waals surface area contributed by atoms with Gasteiger partial charge in [0.1, 0.15) is 0 Å². The number of rotatable bonds is 5. The van der Waals surface area contributed by atoms with Crippen LogP contribution in [0.5, 0.6) is 0 Å². The standard InChI is InChI=1S/C20H33N3O4/c1-26-13-11-22-14-20(8-12-27-15-20)23(19(22)25)17-6-9-21(10-7-17)18(24)16-4-2-3-5-16/h16-17H,2-15H2,1H3. The number of piperidine rings is 1. The summed E-state index contributed by atoms with van der Waals surface area (Å²) in [4.78, 5) is 32.0. The third kappa shape index (κ3) is 3.56. The van der Waals surface area contributed by atoms with Crippen LogP contribution in [0.4, 0.5) is 4.79 Å². The Balaban J connectivity index is 1.41. The molecule has 27 heavy (non-hydrogen) atoms. The van der Waals surface area contributed by atoms with Crippen molar-refractivity contribution in [1.82, 2.24) is 14.7 Å². The minimum atomic E-state index is -0.187. The van der Waals surface area contributed by atoms with Gasteiger partial charge in [-0.25, -0.2) is 4.79 Å². The first kappa shape index (κ1) is 19.0. The predicted octanol–water partition coefficient (Wildman–Crippen LogP) is 1.71. The van der Waals surface area contributed by atoms with Gasteiger partial charge in [0.05, 0.1) is 18.8 Å². The fourth-order valence-electron chi connectivity index (χ4n) is 5.46. The van der Waals surface area contributed by atoms with E-state index in [1.165, 1.54) is 12.8 Å². The maximum atomic E-state index is 13.2. The lowest BCUT2D eigenvalue weighted by Crippen LogP contribution is -2.56. The molecule has 0 radical (unpaired) electrons. The molecule has 1 unspecified atom stereocenters. The molecular formula is C20H33N3O4. The molecule has 0 aromatic carbocycles. The molecule has 7 heteroatoms. The van der Waals surface area contributed by atoms with Crippen molar-refractivity contribution in [1.29, 1.82) is 0 Å². The summed E-state index contributed by atoms with van der Waals surface area (Å²) in [6, 6.07) is 0.331. The summed E-state index contributed by atoms with van der Waals surface area (Å²) in [6.07, 6.45) is 7.15. The molecular weight excluding hydrogens is 346 g/mol. The molecule has 152 valence electrons. The largest absolute Gasteiger partial charge is 0.383 e. The summed E-state index contributed by atoms with van der Waals surface area (Å²) in [5.74, 6) is 0.591. The number of carbonyl (C=O) groups excluding carboxylic acids is 2. The third-order valence-electron chi connectivity index (χ3n) is 6.97. The van der Waals surface area contributed by atoms with Crippen molar-refractivity contribution in [2.75, 3.05) is 53.1 Å². The Hall–Kier alpha value is -1.34. The summed E-state index contributed by atoms with van der Waals surface area (Å²) < 4.78 is 10.9. The molecule has 3 heterocycles. The molecule has 4 aliphatic rings. The van der Waals surface area contributed by atoms with Crippen molar-refractivity contribution in [3.8, 4) is 0 Å². The average molecular weight is 380 g/mol. The molecule has 3 saturated heterocycles. The molecule has 1 spiro atoms. The van der Waals surface area contributed by atoms with Crippen molar-refractivity contribution >= 4 is 11.9 Å². The van der Waals surface area contributed by atoms with Crippen LogP contribution < -0.4 is 0 Å². The minimum absolute atomic E-state index is 0.123. The smallest absolute Gasteiger partial charge is 0.321 e. The van der Waals surface area contributed by atoms with Crippen LogP contribution in [0.25, 0.3) is 0 Å². The van der Waals surface area contributed by atoms with Crippen LogP contribution in [0.2, 0.25) is 0 Å². The SMILES string of the molecule is COCCN1CC2(CCOC2)N(C2CCN(C(=O)C3CCCC3)CC2)C1=O. The van der Waals surface area contributed by atoms with Gasteiger partial charge < -0.3 is 24.2 Å². The normalized spacial score (nSPS) is 30.3. The van der Waals surface area contributed by atoms with Crippen molar-refractivity contribution in [2.24, 2.45) is 5.92 Å². The van der Waals surface area contributed by atoms with Crippen LogP contribution in [-0.2, 0) is 14.3 Å². The van der Waals surface area contributed by atoms with E-state index in [1.807, 2.05) is 9.80 Å². The van der Waals surface area contributed by atoms with Crippen LogP contribution in [-0.4, -0.2) is 91.3 Å². The Morgan fingerprint density at radius 3 is 2.59 bits per heavy atom. The maximum Gasteiger partial charge on any atom is 0.321 e. The Morgan fingerprint density at radius 2 is 1.96 bits per heavy atom. The molecule has 0 aromatic heterocycles. The van der Waals surface area contributed by atoms with Crippen molar-refractivity contribution < 1.29 is 19.1 Å². The lowest BCUT2D eigenvalue weighted by molar-refractivity contribution is -0.137. The number of amides is 3. The summed E-state index contributed by atoms with van der Waals surface area (Å²) in [5, 5.41) is 0. The van der Waals surface area contributed by atoms with Gasteiger partial charge in [-0.3, -0.25) is 4.79 Å². The first-order valence-electron chi connectivity index (χ1n) is 10.6. The van der Waals surface area contributed by atoms with Gasteiger partial charge in [-0.15, -0.1) is 0 Å². The lowest BCUT2D eigenvalue weighted by atomic mass is 9.92. The van der Waals surface area contributed by atoms with E-state index in [9.17, 15) is 9.59 Å². The third-order valence-corrected chi connectivity index (χ3v) is 6.97. The van der Waals surface area contributed by atoms with Gasteiger partial charge in [-0.1, -0.05) is 12.8 Å². The second-order valence-corrected chi connectivity index (χ2v) is 8.63. The van der Waals surface area contributed by atoms with Crippen LogP contribution in [0.15, 0.2) is 0 Å². The summed E-state index contributed by atoms with van der Waals surface area (Å²) in [7, 11) is 1.67. The van der Waals surface area contributed by atoms with E-state index in [1.54, 1.807) is 7.11 Å². The highest BCUT2D eigenvalue weighted by Crippen LogP contribution is 2.38. The molecule has 1 saturated carbocycles. The van der Waals surface area contributed by atoms with Gasteiger partial charge in [0.15, 0.2) is 0 Å². The van der Waals surface area contributed by atoms with E-state index in [0.29, 0.717) is 25.7 Å². The number of hydrogen-bond acceptors (Lipinski definition) is 4. The van der Waals surface area contributed by atoms with E-state index in [-0.39, 0.29) is 23.5 Å². The molecule has 1 atom stereocenters. The summed E-state index contributed by atoms with van der Waals surface area (Å²) >= 11 is 0. The Labute approximate surface area is 161 Å². The van der Waals surface area contributed by atoms with Gasteiger partial charge in [0.25, 0.3) is 0 Å². The Morgan fingerprint density at radius 1 is 1.22 bits per heavy atom. The summed E-state index contributed by atoms with van der Waals surface area (Å²) in [5.41, 5.74) is -0.187. The fourth-order valence-corrected chi connectivity index (χ4v) is 5.46. The van der Waals surface area contributed by atoms with Crippen LogP contribution in [0.3, 0.4) is 0 Å². The molecule has 4 fully saturated rings. The quantitative estimate of drug-likeness (QED) is 0.730. The highest BCUT2D eigenvalue weighted by atomic mass is 16.5. The summed E-state index contributed by atoms with van der Waals surface area (Å²) in [6.45, 7) is 4.83. The second kappa shape index (κ2) is 7.95. The molecule has 1 aliphatic carbocycles. The van der Waals surface area contributed by atoms with Crippen molar-refractivity contribution in [3.05, 3.63) is 0 Å². The van der Waals surface area contributed by atoms with Crippen LogP contribution >= 0.6 is 0 Å². The number of nitrogens with zero attached hydrogens (tertiary/aromatic N) is 3. The number of carbonyl (C=O) groups is 2. The highest BCUT2D eigenvalue weighted by molar-refractivity contribution is 5.80. The highest BCUT2D eigenvalue weighted by Gasteiger charge is 2.54. The van der Waals surface area contributed by atoms with Crippen molar-refractivity contribution in [3.63, 3.8) is 0 Å². The average Bonchev–Trinajstić information content (AvgIpc) is 3.42. The monoisotopic (exact) mass is 379 g/mol. The molecule has 3 amide bonds. The zero-order valence-corrected chi connectivity index (χ0v) is 16.5. The van der Waals surface area contributed by atoms with E-state index in [2.05, 4.69) is 4.90 Å². The Kier molecular flexibility index (Phi) is 5.60. The zero-order valence-electron chi connectivity index (χ0n) is 16.5. The first-order valence-corrected chi connectivity index (χ1v) is 10.6. The lowest BCUT2D eigenvalue weighted by Gasteiger charge is -2.43. The molecule has 7 nitrogen and oxygen atoms in total. The second-order valence-electron chi connectivity index (χ2n) is 8.63. The molecule has 3 aliphatic heterocycles. The van der Waals surface area contributed by atoms with Gasteiger partial charge in [-0.05, 0) is 32.1 Å². The maximum absolute atomic E-state index is 13.2.